The van der Waals surface area contributed by atoms with Crippen molar-refractivity contribution in [3.63, 3.8) is 0 Å². The van der Waals surface area contributed by atoms with Gasteiger partial charge in [-0.05, 0) is 6.07 Å². The fourth-order valence-electron chi connectivity index (χ4n) is 2.09. The van der Waals surface area contributed by atoms with Crippen LogP contribution in [0.4, 0.5) is 5.69 Å². The molecule has 2 heterocycles. The third kappa shape index (κ3) is 3.02. The van der Waals surface area contributed by atoms with Crippen molar-refractivity contribution in [3.05, 3.63) is 24.0 Å². The third-order valence-electron chi connectivity index (χ3n) is 3.08. The lowest BCUT2D eigenvalue weighted by atomic mass is 10.2. The fourth-order valence-corrected chi connectivity index (χ4v) is 2.91. The van der Waals surface area contributed by atoms with Crippen molar-refractivity contribution in [2.75, 3.05) is 37.3 Å². The quantitative estimate of drug-likeness (QED) is 0.831. The molecule has 1 aromatic heterocycles. The van der Waals surface area contributed by atoms with E-state index in [1.807, 2.05) is 4.90 Å². The van der Waals surface area contributed by atoms with E-state index in [9.17, 15) is 13.2 Å². The van der Waals surface area contributed by atoms with Gasteiger partial charge in [-0.2, -0.15) is 4.31 Å². The minimum atomic E-state index is -3.18. The van der Waals surface area contributed by atoms with E-state index >= 15 is 0 Å². The summed E-state index contributed by atoms with van der Waals surface area (Å²) >= 11 is 0. The molecule has 0 atom stereocenters. The average molecular weight is 285 g/mol. The summed E-state index contributed by atoms with van der Waals surface area (Å²) in [7, 11) is -3.18. The molecule has 7 nitrogen and oxygen atoms in total. The third-order valence-corrected chi connectivity index (χ3v) is 4.38. The van der Waals surface area contributed by atoms with Crippen LogP contribution in [0.5, 0.6) is 0 Å². The Hall–Kier alpha value is -1.67. The van der Waals surface area contributed by atoms with Gasteiger partial charge in [-0.15, -0.1) is 0 Å². The van der Waals surface area contributed by atoms with Crippen LogP contribution in [0.2, 0.25) is 0 Å². The number of anilines is 1. The molecule has 1 fully saturated rings. The van der Waals surface area contributed by atoms with Gasteiger partial charge < -0.3 is 10.0 Å². The predicted molar refractivity (Wildman–Crippen MR) is 69.8 cm³/mol. The molecular formula is C11H15N3O4S. The van der Waals surface area contributed by atoms with E-state index in [0.717, 1.165) is 0 Å². The molecule has 1 aliphatic rings. The Balaban J connectivity index is 2.16. The summed E-state index contributed by atoms with van der Waals surface area (Å²) in [6.45, 7) is 1.66. The van der Waals surface area contributed by atoms with Crippen molar-refractivity contribution in [3.8, 4) is 0 Å². The minimum Gasteiger partial charge on any atom is -0.478 e. The highest BCUT2D eigenvalue weighted by atomic mass is 32.2. The first-order chi connectivity index (χ1) is 8.89. The van der Waals surface area contributed by atoms with E-state index in [2.05, 4.69) is 4.98 Å². The standard InChI is InChI=1S/C11H15N3O4S/c1-19(17,18)14-6-4-13(5-7-14)10-2-3-12-8-9(10)11(15)16/h2-3,8H,4-7H2,1H3,(H,15,16). The van der Waals surface area contributed by atoms with Gasteiger partial charge in [-0.1, -0.05) is 0 Å². The summed E-state index contributed by atoms with van der Waals surface area (Å²) in [6, 6.07) is 1.64. The highest BCUT2D eigenvalue weighted by Gasteiger charge is 2.25. The molecule has 104 valence electrons. The molecule has 0 bridgehead atoms. The van der Waals surface area contributed by atoms with E-state index < -0.39 is 16.0 Å². The van der Waals surface area contributed by atoms with Gasteiger partial charge in [0.15, 0.2) is 0 Å². The fraction of sp³-hybridized carbons (Fsp3) is 0.455. The monoisotopic (exact) mass is 285 g/mol. The first kappa shape index (κ1) is 13.8. The second-order valence-corrected chi connectivity index (χ2v) is 6.33. The molecule has 19 heavy (non-hydrogen) atoms. The summed E-state index contributed by atoms with van der Waals surface area (Å²) in [4.78, 5) is 16.8. The van der Waals surface area contributed by atoms with Crippen molar-refractivity contribution in [1.82, 2.24) is 9.29 Å². The lowest BCUT2D eigenvalue weighted by Gasteiger charge is -2.35. The minimum absolute atomic E-state index is 0.135. The Morgan fingerprint density at radius 3 is 2.47 bits per heavy atom. The number of rotatable bonds is 3. The predicted octanol–water partition coefficient (Wildman–Crippen LogP) is -0.139. The molecule has 1 N–H and O–H groups in total. The van der Waals surface area contributed by atoms with Crippen LogP contribution in [-0.2, 0) is 10.0 Å². The second kappa shape index (κ2) is 5.14. The van der Waals surface area contributed by atoms with Gasteiger partial charge >= 0.3 is 5.97 Å². The van der Waals surface area contributed by atoms with Gasteiger partial charge in [0.25, 0.3) is 0 Å². The number of nitrogens with zero attached hydrogens (tertiary/aromatic N) is 3. The smallest absolute Gasteiger partial charge is 0.339 e. The maximum absolute atomic E-state index is 11.4. The summed E-state index contributed by atoms with van der Waals surface area (Å²) in [6.07, 6.45) is 4.02. The number of sulfonamides is 1. The molecule has 1 aromatic rings. The Labute approximate surface area is 111 Å². The zero-order valence-corrected chi connectivity index (χ0v) is 11.3. The zero-order valence-electron chi connectivity index (χ0n) is 10.5. The average Bonchev–Trinajstić information content (AvgIpc) is 2.38. The summed E-state index contributed by atoms with van der Waals surface area (Å²) in [5.74, 6) is -1.03. The number of carbonyl (C=O) groups is 1. The number of aromatic carboxylic acids is 1. The van der Waals surface area contributed by atoms with Crippen LogP contribution in [-0.4, -0.2) is 61.2 Å². The normalized spacial score (nSPS) is 17.4. The van der Waals surface area contributed by atoms with Gasteiger partial charge in [-0.3, -0.25) is 4.98 Å². The van der Waals surface area contributed by atoms with Gasteiger partial charge in [0.1, 0.15) is 5.56 Å². The summed E-state index contributed by atoms with van der Waals surface area (Å²) in [5.41, 5.74) is 0.714. The van der Waals surface area contributed by atoms with Crippen LogP contribution >= 0.6 is 0 Å². The first-order valence-corrected chi connectivity index (χ1v) is 7.62. The molecule has 1 saturated heterocycles. The van der Waals surface area contributed by atoms with Crippen molar-refractivity contribution < 1.29 is 18.3 Å². The molecule has 0 spiro atoms. The topological polar surface area (TPSA) is 90.8 Å². The van der Waals surface area contributed by atoms with Gasteiger partial charge in [-0.25, -0.2) is 13.2 Å². The molecular weight excluding hydrogens is 270 g/mol. The first-order valence-electron chi connectivity index (χ1n) is 5.77. The largest absolute Gasteiger partial charge is 0.478 e. The Morgan fingerprint density at radius 1 is 1.32 bits per heavy atom. The number of carboxylic acids is 1. The number of hydrogen-bond acceptors (Lipinski definition) is 5. The zero-order chi connectivity index (χ0) is 14.0. The maximum Gasteiger partial charge on any atom is 0.339 e. The molecule has 0 aromatic carbocycles. The van der Waals surface area contributed by atoms with Crippen LogP contribution in [0, 0.1) is 0 Å². The van der Waals surface area contributed by atoms with Gasteiger partial charge in [0.2, 0.25) is 10.0 Å². The SMILES string of the molecule is CS(=O)(=O)N1CCN(c2ccncc2C(=O)O)CC1. The Morgan fingerprint density at radius 2 is 1.95 bits per heavy atom. The molecule has 0 unspecified atom stereocenters. The van der Waals surface area contributed by atoms with Crippen molar-refractivity contribution in [2.45, 2.75) is 0 Å². The number of pyridine rings is 1. The summed E-state index contributed by atoms with van der Waals surface area (Å²) < 4.78 is 24.2. The van der Waals surface area contributed by atoms with Gasteiger partial charge in [0.05, 0.1) is 11.9 Å². The molecule has 2 rings (SSSR count). The van der Waals surface area contributed by atoms with E-state index in [1.54, 1.807) is 6.07 Å². The van der Waals surface area contributed by atoms with Crippen molar-refractivity contribution in [1.29, 1.82) is 0 Å². The van der Waals surface area contributed by atoms with E-state index in [4.69, 9.17) is 5.11 Å². The second-order valence-electron chi connectivity index (χ2n) is 4.35. The lowest BCUT2D eigenvalue weighted by molar-refractivity contribution is 0.0697. The molecule has 0 aliphatic carbocycles. The summed E-state index contributed by atoms with van der Waals surface area (Å²) in [5, 5.41) is 9.10. The van der Waals surface area contributed by atoms with Crippen LogP contribution < -0.4 is 4.90 Å². The van der Waals surface area contributed by atoms with Crippen LogP contribution in [0.1, 0.15) is 10.4 Å². The van der Waals surface area contributed by atoms with E-state index in [-0.39, 0.29) is 5.56 Å². The number of piperazine rings is 1. The molecule has 1 aliphatic heterocycles. The van der Waals surface area contributed by atoms with E-state index in [1.165, 1.54) is 23.0 Å². The van der Waals surface area contributed by atoms with Crippen LogP contribution in [0.15, 0.2) is 18.5 Å². The lowest BCUT2D eigenvalue weighted by Crippen LogP contribution is -2.48. The van der Waals surface area contributed by atoms with Crippen LogP contribution in [0.3, 0.4) is 0 Å². The highest BCUT2D eigenvalue weighted by molar-refractivity contribution is 7.88. The van der Waals surface area contributed by atoms with Gasteiger partial charge in [0, 0.05) is 38.6 Å². The Kier molecular flexibility index (Phi) is 3.72. The molecule has 8 heteroatoms. The Bertz CT molecular complexity index is 579. The number of hydrogen-bond donors (Lipinski definition) is 1. The van der Waals surface area contributed by atoms with Crippen molar-refractivity contribution >= 4 is 21.7 Å². The number of aromatic nitrogens is 1. The van der Waals surface area contributed by atoms with Crippen molar-refractivity contribution in [2.24, 2.45) is 0 Å². The molecule has 0 radical (unpaired) electrons. The maximum atomic E-state index is 11.4. The molecule has 0 amide bonds. The molecule has 0 saturated carbocycles. The van der Waals surface area contributed by atoms with E-state index in [0.29, 0.717) is 31.9 Å². The highest BCUT2D eigenvalue weighted by Crippen LogP contribution is 2.21. The van der Waals surface area contributed by atoms with Crippen LogP contribution in [0.25, 0.3) is 0 Å². The number of carboxylic acid groups (broad SMARTS) is 1.